The number of nitrogens with zero attached hydrogens (tertiary/aromatic N) is 4. The van der Waals surface area contributed by atoms with Gasteiger partial charge in [-0.3, -0.25) is 4.99 Å². The first-order valence-corrected chi connectivity index (χ1v) is 7.40. The van der Waals surface area contributed by atoms with Crippen LogP contribution in [0.3, 0.4) is 0 Å². The quantitative estimate of drug-likeness (QED) is 0.777. The first-order chi connectivity index (χ1) is 10.8. The molecule has 4 nitrogen and oxygen atoms in total. The molecule has 2 aromatic rings. The van der Waals surface area contributed by atoms with Crippen molar-refractivity contribution in [1.29, 1.82) is 0 Å². The molecule has 0 aliphatic rings. The summed E-state index contributed by atoms with van der Waals surface area (Å²) in [4.78, 5) is 12.6. The second-order valence-corrected chi connectivity index (χ2v) is 5.32. The highest BCUT2D eigenvalue weighted by molar-refractivity contribution is 6.00. The summed E-state index contributed by atoms with van der Waals surface area (Å²) >= 11 is 0. The van der Waals surface area contributed by atoms with Crippen LogP contribution < -0.4 is 0 Å². The molecule has 2 heterocycles. The summed E-state index contributed by atoms with van der Waals surface area (Å²) in [6.07, 6.45) is -0.317. The Morgan fingerprint density at radius 3 is 2.57 bits per heavy atom. The number of aryl methyl sites for hydroxylation is 1. The van der Waals surface area contributed by atoms with E-state index < -0.39 is 11.7 Å². The highest BCUT2D eigenvalue weighted by Gasteiger charge is 2.31. The minimum absolute atomic E-state index is 0.217. The third-order valence-electron chi connectivity index (χ3n) is 3.63. The molecule has 2 rings (SSSR count). The zero-order valence-electron chi connectivity index (χ0n) is 13.6. The third kappa shape index (κ3) is 3.60. The third-order valence-corrected chi connectivity index (χ3v) is 3.63. The van der Waals surface area contributed by atoms with Gasteiger partial charge in [0.15, 0.2) is 11.5 Å². The maximum atomic E-state index is 12.8. The molecule has 2 aromatic heterocycles. The van der Waals surface area contributed by atoms with Crippen LogP contribution in [0.5, 0.6) is 0 Å². The van der Waals surface area contributed by atoms with Crippen LogP contribution >= 0.6 is 0 Å². The maximum Gasteiger partial charge on any atom is 0.417 e. The molecule has 7 heteroatoms. The molecule has 23 heavy (non-hydrogen) atoms. The molecule has 0 fully saturated rings. The molecule has 124 valence electrons. The van der Waals surface area contributed by atoms with E-state index in [9.17, 15) is 13.2 Å². The van der Waals surface area contributed by atoms with E-state index in [1.54, 1.807) is 17.8 Å². The molecular formula is C16H19F3N4. The average molecular weight is 324 g/mol. The standard InChI is InChI=1S/C16H19F3N4/c1-5-10(3)8-20-12(6-2)15-22-13-7-11(16(17,18)19)9-21-14(13)23(15)4/h7-9H,5-6H2,1-4H3/b10-8+,20-12+. The van der Waals surface area contributed by atoms with E-state index in [0.29, 0.717) is 23.6 Å². The smallest absolute Gasteiger partial charge is 0.311 e. The van der Waals surface area contributed by atoms with Gasteiger partial charge in [-0.1, -0.05) is 19.4 Å². The Morgan fingerprint density at radius 1 is 1.30 bits per heavy atom. The summed E-state index contributed by atoms with van der Waals surface area (Å²) in [5, 5.41) is 0. The lowest BCUT2D eigenvalue weighted by Gasteiger charge is -2.05. The van der Waals surface area contributed by atoms with Crippen LogP contribution in [-0.2, 0) is 13.2 Å². The van der Waals surface area contributed by atoms with Crippen molar-refractivity contribution in [3.05, 3.63) is 35.4 Å². The highest BCUT2D eigenvalue weighted by Crippen LogP contribution is 2.30. The Balaban J connectivity index is 2.55. The van der Waals surface area contributed by atoms with Gasteiger partial charge in [0, 0.05) is 19.4 Å². The molecule has 0 atom stereocenters. The molecule has 0 aliphatic carbocycles. The topological polar surface area (TPSA) is 43.1 Å². The van der Waals surface area contributed by atoms with Crippen molar-refractivity contribution in [1.82, 2.24) is 14.5 Å². The van der Waals surface area contributed by atoms with Gasteiger partial charge in [0.1, 0.15) is 5.52 Å². The summed E-state index contributed by atoms with van der Waals surface area (Å²) in [6, 6.07) is 1.02. The van der Waals surface area contributed by atoms with Crippen LogP contribution in [0.2, 0.25) is 0 Å². The Hall–Kier alpha value is -2.18. The van der Waals surface area contributed by atoms with E-state index in [1.807, 2.05) is 20.8 Å². The molecule has 0 bridgehead atoms. The summed E-state index contributed by atoms with van der Waals surface area (Å²) in [6.45, 7) is 5.94. The predicted octanol–water partition coefficient (Wildman–Crippen LogP) is 4.50. The molecule has 0 saturated carbocycles. The van der Waals surface area contributed by atoms with Crippen molar-refractivity contribution in [2.45, 2.75) is 39.8 Å². The second-order valence-electron chi connectivity index (χ2n) is 5.32. The van der Waals surface area contributed by atoms with Gasteiger partial charge in [0.05, 0.1) is 11.3 Å². The van der Waals surface area contributed by atoms with Crippen molar-refractivity contribution in [2.75, 3.05) is 0 Å². The van der Waals surface area contributed by atoms with E-state index in [0.717, 1.165) is 24.3 Å². The number of rotatable bonds is 4. The van der Waals surface area contributed by atoms with Gasteiger partial charge in [-0.15, -0.1) is 0 Å². The van der Waals surface area contributed by atoms with Gasteiger partial charge in [0.25, 0.3) is 0 Å². The number of fused-ring (bicyclic) bond motifs is 1. The number of pyridine rings is 1. The van der Waals surface area contributed by atoms with Crippen molar-refractivity contribution in [3.8, 4) is 0 Å². The van der Waals surface area contributed by atoms with E-state index >= 15 is 0 Å². The predicted molar refractivity (Wildman–Crippen MR) is 84.4 cm³/mol. The number of allylic oxidation sites excluding steroid dienone is 1. The summed E-state index contributed by atoms with van der Waals surface area (Å²) in [5.41, 5.74) is 1.66. The Morgan fingerprint density at radius 2 is 2.00 bits per heavy atom. The Bertz CT molecular complexity index is 769. The number of alkyl halides is 3. The van der Waals surface area contributed by atoms with Crippen LogP contribution in [0, 0.1) is 0 Å². The lowest BCUT2D eigenvalue weighted by atomic mass is 10.2. The number of halogens is 3. The molecule has 0 N–H and O–H groups in total. The minimum Gasteiger partial charge on any atom is -0.311 e. The molecule has 0 unspecified atom stereocenters. The van der Waals surface area contributed by atoms with Crippen LogP contribution in [0.25, 0.3) is 11.2 Å². The summed E-state index contributed by atoms with van der Waals surface area (Å²) in [7, 11) is 1.73. The first kappa shape index (κ1) is 17.2. The molecule has 0 aromatic carbocycles. The minimum atomic E-state index is -4.43. The average Bonchev–Trinajstić information content (AvgIpc) is 2.83. The van der Waals surface area contributed by atoms with E-state index in [1.165, 1.54) is 0 Å². The van der Waals surface area contributed by atoms with Crippen LogP contribution in [0.4, 0.5) is 13.2 Å². The maximum absolute atomic E-state index is 12.8. The second kappa shape index (κ2) is 6.52. The zero-order chi connectivity index (χ0) is 17.2. The molecule has 0 aliphatic heterocycles. The van der Waals surface area contributed by atoms with Gasteiger partial charge in [-0.2, -0.15) is 13.2 Å². The first-order valence-electron chi connectivity index (χ1n) is 7.40. The number of hydrogen-bond acceptors (Lipinski definition) is 3. The fourth-order valence-electron chi connectivity index (χ4n) is 2.08. The summed E-state index contributed by atoms with van der Waals surface area (Å²) < 4.78 is 40.0. The van der Waals surface area contributed by atoms with E-state index in [2.05, 4.69) is 15.0 Å². The molecular weight excluding hydrogens is 305 g/mol. The molecule has 0 spiro atoms. The van der Waals surface area contributed by atoms with Crippen LogP contribution in [0.1, 0.15) is 45.0 Å². The van der Waals surface area contributed by atoms with Crippen LogP contribution in [0.15, 0.2) is 29.0 Å². The zero-order valence-corrected chi connectivity index (χ0v) is 13.6. The Labute approximate surface area is 132 Å². The van der Waals surface area contributed by atoms with Gasteiger partial charge in [-0.05, 0) is 25.8 Å². The largest absolute Gasteiger partial charge is 0.417 e. The van der Waals surface area contributed by atoms with Crippen molar-refractivity contribution in [2.24, 2.45) is 12.0 Å². The number of imidazole rings is 1. The van der Waals surface area contributed by atoms with E-state index in [4.69, 9.17) is 0 Å². The monoisotopic (exact) mass is 324 g/mol. The number of hydrogen-bond donors (Lipinski definition) is 0. The molecule has 0 amide bonds. The molecule has 0 radical (unpaired) electrons. The SMILES string of the molecule is CC/C(C)=C/N=C(\CC)c1nc2cc(C(F)(F)F)cnc2n1C. The lowest BCUT2D eigenvalue weighted by molar-refractivity contribution is -0.137. The van der Waals surface area contributed by atoms with E-state index in [-0.39, 0.29) is 5.52 Å². The summed E-state index contributed by atoms with van der Waals surface area (Å²) in [5.74, 6) is 0.537. The van der Waals surface area contributed by atoms with Crippen molar-refractivity contribution >= 4 is 16.9 Å². The lowest BCUT2D eigenvalue weighted by Crippen LogP contribution is -2.08. The van der Waals surface area contributed by atoms with Gasteiger partial charge in [0.2, 0.25) is 0 Å². The number of aromatic nitrogens is 3. The van der Waals surface area contributed by atoms with Crippen LogP contribution in [-0.4, -0.2) is 20.2 Å². The number of aliphatic imine (C=N–C) groups is 1. The highest BCUT2D eigenvalue weighted by atomic mass is 19.4. The van der Waals surface area contributed by atoms with Gasteiger partial charge < -0.3 is 4.57 Å². The normalized spacial score (nSPS) is 13.9. The van der Waals surface area contributed by atoms with Crippen molar-refractivity contribution in [3.63, 3.8) is 0 Å². The fourth-order valence-corrected chi connectivity index (χ4v) is 2.08. The fraction of sp³-hybridized carbons (Fsp3) is 0.438. The molecule has 0 saturated heterocycles. The van der Waals surface area contributed by atoms with Crippen molar-refractivity contribution < 1.29 is 13.2 Å². The van der Waals surface area contributed by atoms with Gasteiger partial charge >= 0.3 is 6.18 Å². The Kier molecular flexibility index (Phi) is 4.87. The van der Waals surface area contributed by atoms with Gasteiger partial charge in [-0.25, -0.2) is 9.97 Å².